The van der Waals surface area contributed by atoms with Crippen molar-refractivity contribution in [3.8, 4) is 11.1 Å². The molecule has 190 valence electrons. The summed E-state index contributed by atoms with van der Waals surface area (Å²) in [6.07, 6.45) is -0.522. The van der Waals surface area contributed by atoms with Gasteiger partial charge in [0.2, 0.25) is 11.8 Å². The number of esters is 1. The summed E-state index contributed by atoms with van der Waals surface area (Å²) in [6, 6.07) is 15.1. The molecule has 2 aromatic rings. The fourth-order valence-corrected chi connectivity index (χ4v) is 4.68. The lowest BCUT2D eigenvalue weighted by Gasteiger charge is -2.37. The highest BCUT2D eigenvalue weighted by molar-refractivity contribution is 5.97. The maximum atomic E-state index is 12.7. The van der Waals surface area contributed by atoms with Gasteiger partial charge < -0.3 is 25.0 Å². The molecule has 36 heavy (non-hydrogen) atoms. The number of nitrogens with one attached hydrogen (secondary N) is 2. The number of ether oxygens (including phenoxy) is 2. The number of carbonyl (C=O) groups excluding carboxylic acids is 4. The minimum absolute atomic E-state index is 0.0132. The van der Waals surface area contributed by atoms with Crippen molar-refractivity contribution in [1.29, 1.82) is 0 Å². The van der Waals surface area contributed by atoms with Gasteiger partial charge in [-0.25, -0.2) is 9.59 Å². The zero-order chi connectivity index (χ0) is 25.8. The first-order chi connectivity index (χ1) is 17.3. The molecule has 9 nitrogen and oxygen atoms in total. The average molecular weight is 494 g/mol. The molecule has 0 saturated carbocycles. The highest BCUT2D eigenvalue weighted by atomic mass is 16.5. The lowest BCUT2D eigenvalue weighted by Crippen LogP contribution is -2.60. The van der Waals surface area contributed by atoms with Crippen LogP contribution < -0.4 is 10.6 Å². The predicted molar refractivity (Wildman–Crippen MR) is 132 cm³/mol. The first-order valence-corrected chi connectivity index (χ1v) is 12.1. The molecule has 0 spiro atoms. The standard InChI is InChI=1S/C27H31N3O6/c1-16(2)22(13-28-24(31)14-30-23(12-25(30)32)26(33)35-3)29-27(34)36-15-21-19-10-6-4-8-17(19)18-9-5-7-11-20(18)21/h4-11,16,21-23H,12-15H2,1-3H3,(H,28,31)(H,29,34)/t22-,23-/m1/s1. The first kappa shape index (κ1) is 25.2. The fraction of sp³-hybridized carbons (Fsp3) is 0.407. The van der Waals surface area contributed by atoms with Crippen LogP contribution in [0.3, 0.4) is 0 Å². The number of benzene rings is 2. The summed E-state index contributed by atoms with van der Waals surface area (Å²) in [7, 11) is 1.24. The molecule has 1 heterocycles. The van der Waals surface area contributed by atoms with Crippen LogP contribution in [0.1, 0.15) is 37.3 Å². The van der Waals surface area contributed by atoms with E-state index in [0.29, 0.717) is 0 Å². The number of methoxy groups -OCH3 is 1. The van der Waals surface area contributed by atoms with Gasteiger partial charge in [0, 0.05) is 12.5 Å². The number of rotatable bonds is 9. The Hall–Kier alpha value is -3.88. The van der Waals surface area contributed by atoms with Crippen molar-refractivity contribution in [2.45, 2.75) is 38.3 Å². The Bertz CT molecular complexity index is 1120. The minimum Gasteiger partial charge on any atom is -0.467 e. The van der Waals surface area contributed by atoms with Crippen molar-refractivity contribution >= 4 is 23.9 Å². The Morgan fingerprint density at radius 3 is 2.19 bits per heavy atom. The molecule has 2 N–H and O–H groups in total. The van der Waals surface area contributed by atoms with E-state index in [1.807, 2.05) is 38.1 Å². The number of β-lactam (4-membered cyclic amide) rings is 1. The third kappa shape index (κ3) is 5.19. The minimum atomic E-state index is -0.729. The van der Waals surface area contributed by atoms with Crippen LogP contribution in [0.4, 0.5) is 4.79 Å². The lowest BCUT2D eigenvalue weighted by molar-refractivity contribution is -0.165. The summed E-state index contributed by atoms with van der Waals surface area (Å²) in [6.45, 7) is 3.96. The highest BCUT2D eigenvalue weighted by Gasteiger charge is 2.42. The van der Waals surface area contributed by atoms with Crippen molar-refractivity contribution in [2.75, 3.05) is 26.8 Å². The molecule has 2 atom stereocenters. The van der Waals surface area contributed by atoms with Crippen molar-refractivity contribution in [3.05, 3.63) is 59.7 Å². The molecular weight excluding hydrogens is 462 g/mol. The number of hydrogen-bond donors (Lipinski definition) is 2. The van der Waals surface area contributed by atoms with Crippen molar-refractivity contribution < 1.29 is 28.7 Å². The topological polar surface area (TPSA) is 114 Å². The van der Waals surface area contributed by atoms with Crippen LogP contribution in [-0.4, -0.2) is 67.7 Å². The van der Waals surface area contributed by atoms with Crippen LogP contribution in [0, 0.1) is 5.92 Å². The van der Waals surface area contributed by atoms with Gasteiger partial charge in [-0.15, -0.1) is 0 Å². The molecule has 0 bridgehead atoms. The lowest BCUT2D eigenvalue weighted by atomic mass is 9.98. The third-order valence-corrected chi connectivity index (χ3v) is 6.82. The molecule has 2 aromatic carbocycles. The summed E-state index contributed by atoms with van der Waals surface area (Å²) < 4.78 is 10.3. The van der Waals surface area contributed by atoms with Gasteiger partial charge in [-0.3, -0.25) is 9.59 Å². The molecule has 0 unspecified atom stereocenters. The van der Waals surface area contributed by atoms with E-state index in [1.54, 1.807) is 0 Å². The molecule has 1 saturated heterocycles. The highest BCUT2D eigenvalue weighted by Crippen LogP contribution is 2.44. The predicted octanol–water partition coefficient (Wildman–Crippen LogP) is 2.44. The summed E-state index contributed by atoms with van der Waals surface area (Å²) in [5.41, 5.74) is 4.56. The second-order valence-electron chi connectivity index (χ2n) is 9.39. The molecule has 0 aromatic heterocycles. The van der Waals surface area contributed by atoms with Gasteiger partial charge in [0.15, 0.2) is 0 Å². The maximum absolute atomic E-state index is 12.7. The number of carbonyl (C=O) groups is 4. The van der Waals surface area contributed by atoms with Gasteiger partial charge in [-0.05, 0) is 28.2 Å². The van der Waals surface area contributed by atoms with Crippen LogP contribution in [0.2, 0.25) is 0 Å². The Kier molecular flexibility index (Phi) is 7.57. The van der Waals surface area contributed by atoms with Crippen molar-refractivity contribution in [1.82, 2.24) is 15.5 Å². The summed E-state index contributed by atoms with van der Waals surface area (Å²) in [5.74, 6) is -1.27. The Balaban J connectivity index is 1.29. The summed E-state index contributed by atoms with van der Waals surface area (Å²) in [5, 5.41) is 5.57. The van der Waals surface area contributed by atoms with E-state index >= 15 is 0 Å². The molecular formula is C27H31N3O6. The number of hydrogen-bond acceptors (Lipinski definition) is 6. The molecule has 9 heteroatoms. The second kappa shape index (κ2) is 10.8. The van der Waals surface area contributed by atoms with E-state index < -0.39 is 24.0 Å². The zero-order valence-electron chi connectivity index (χ0n) is 20.7. The van der Waals surface area contributed by atoms with E-state index in [0.717, 1.165) is 22.3 Å². The Morgan fingerprint density at radius 1 is 1.03 bits per heavy atom. The van der Waals surface area contributed by atoms with E-state index in [4.69, 9.17) is 4.74 Å². The third-order valence-electron chi connectivity index (χ3n) is 6.82. The van der Waals surface area contributed by atoms with Gasteiger partial charge in [-0.2, -0.15) is 0 Å². The van der Waals surface area contributed by atoms with E-state index in [-0.39, 0.29) is 49.9 Å². The molecule has 1 fully saturated rings. The summed E-state index contributed by atoms with van der Waals surface area (Å²) in [4.78, 5) is 49.7. The van der Waals surface area contributed by atoms with E-state index in [2.05, 4.69) is 39.6 Å². The number of alkyl carbamates (subject to hydrolysis) is 1. The maximum Gasteiger partial charge on any atom is 0.407 e. The Labute approximate surface area is 210 Å². The SMILES string of the molecule is COC(=O)[C@H]1CC(=O)N1CC(=O)NC[C@@H](NC(=O)OCC1c2ccccc2-c2ccccc21)C(C)C. The average Bonchev–Trinajstić information content (AvgIpc) is 3.20. The largest absolute Gasteiger partial charge is 0.467 e. The van der Waals surface area contributed by atoms with Crippen molar-refractivity contribution in [3.63, 3.8) is 0 Å². The van der Waals surface area contributed by atoms with Gasteiger partial charge in [0.1, 0.15) is 19.2 Å². The molecule has 1 aliphatic heterocycles. The van der Waals surface area contributed by atoms with Crippen LogP contribution in [0.5, 0.6) is 0 Å². The van der Waals surface area contributed by atoms with Gasteiger partial charge >= 0.3 is 12.1 Å². The second-order valence-corrected chi connectivity index (χ2v) is 9.39. The molecule has 0 radical (unpaired) electrons. The van der Waals surface area contributed by atoms with Gasteiger partial charge in [0.25, 0.3) is 0 Å². The molecule has 1 aliphatic carbocycles. The molecule has 4 rings (SSSR count). The molecule has 3 amide bonds. The van der Waals surface area contributed by atoms with Crippen LogP contribution >= 0.6 is 0 Å². The monoisotopic (exact) mass is 493 g/mol. The smallest absolute Gasteiger partial charge is 0.407 e. The normalized spacial score (nSPS) is 17.1. The van der Waals surface area contributed by atoms with E-state index in [9.17, 15) is 19.2 Å². The fourth-order valence-electron chi connectivity index (χ4n) is 4.68. The van der Waals surface area contributed by atoms with Crippen LogP contribution in [-0.2, 0) is 23.9 Å². The number of fused-ring (bicyclic) bond motifs is 3. The van der Waals surface area contributed by atoms with Crippen molar-refractivity contribution in [2.24, 2.45) is 5.92 Å². The Morgan fingerprint density at radius 2 is 1.64 bits per heavy atom. The number of nitrogens with zero attached hydrogens (tertiary/aromatic N) is 1. The first-order valence-electron chi connectivity index (χ1n) is 12.1. The van der Waals surface area contributed by atoms with Crippen LogP contribution in [0.15, 0.2) is 48.5 Å². The molecule has 2 aliphatic rings. The van der Waals surface area contributed by atoms with Crippen LogP contribution in [0.25, 0.3) is 11.1 Å². The van der Waals surface area contributed by atoms with E-state index in [1.165, 1.54) is 12.0 Å². The van der Waals surface area contributed by atoms with Gasteiger partial charge in [0.05, 0.1) is 19.6 Å². The number of amides is 3. The zero-order valence-corrected chi connectivity index (χ0v) is 20.7. The number of likely N-dealkylation sites (tertiary alicyclic amines) is 1. The van der Waals surface area contributed by atoms with Gasteiger partial charge in [-0.1, -0.05) is 62.4 Å². The quantitative estimate of drug-likeness (QED) is 0.410. The summed E-state index contributed by atoms with van der Waals surface area (Å²) >= 11 is 0.